The first kappa shape index (κ1) is 17.9. The Morgan fingerprint density at radius 2 is 2.04 bits per heavy atom. The number of benzene rings is 2. The van der Waals surface area contributed by atoms with Crippen LogP contribution in [0.2, 0.25) is 0 Å². The highest BCUT2D eigenvalue weighted by atomic mass is 79.9. The molecule has 0 aliphatic heterocycles. The minimum absolute atomic E-state index is 0.204. The van der Waals surface area contributed by atoms with Crippen molar-refractivity contribution in [3.05, 3.63) is 58.6 Å². The van der Waals surface area contributed by atoms with Gasteiger partial charge in [-0.1, -0.05) is 51.5 Å². The maximum Gasteiger partial charge on any atom is 0.214 e. The number of hydrogen-bond donors (Lipinski definition) is 1. The number of aliphatic hydroxyl groups excluding tert-OH is 1. The Kier molecular flexibility index (Phi) is 6.06. The van der Waals surface area contributed by atoms with Gasteiger partial charge in [0.25, 0.3) is 0 Å². The van der Waals surface area contributed by atoms with Gasteiger partial charge in [0.1, 0.15) is 12.4 Å². The molecule has 0 fully saturated rings. The summed E-state index contributed by atoms with van der Waals surface area (Å²) in [6.07, 6.45) is -0.632. The molecule has 0 saturated carbocycles. The Morgan fingerprint density at radius 1 is 1.24 bits per heavy atom. The molecule has 1 atom stereocenters. The van der Waals surface area contributed by atoms with Crippen LogP contribution >= 0.6 is 27.7 Å². The largest absolute Gasteiger partial charge is 0.491 e. The first-order chi connectivity index (χ1) is 12.1. The molecule has 1 heterocycles. The summed E-state index contributed by atoms with van der Waals surface area (Å²) < 4.78 is 8.19. The van der Waals surface area contributed by atoms with E-state index in [-0.39, 0.29) is 6.61 Å². The standard InChI is InChI=1S/C17H17BrN4O2S/c1-12-5-7-14(8-6-12)22-17(19-20-21-22)25-11-15(23)10-24-16-4-2-3-13(18)9-16/h2-9,15,23H,10-11H2,1H3/t15-/m0/s1. The molecule has 0 radical (unpaired) electrons. The monoisotopic (exact) mass is 420 g/mol. The first-order valence-corrected chi connectivity index (χ1v) is 9.44. The first-order valence-electron chi connectivity index (χ1n) is 7.66. The van der Waals surface area contributed by atoms with Gasteiger partial charge in [0, 0.05) is 10.2 Å². The van der Waals surface area contributed by atoms with Gasteiger partial charge in [-0.25, -0.2) is 0 Å². The lowest BCUT2D eigenvalue weighted by Gasteiger charge is -2.12. The van der Waals surface area contributed by atoms with Crippen molar-refractivity contribution < 1.29 is 9.84 Å². The molecule has 1 aromatic heterocycles. The molecule has 1 N–H and O–H groups in total. The van der Waals surface area contributed by atoms with Crippen molar-refractivity contribution in [2.24, 2.45) is 0 Å². The topological polar surface area (TPSA) is 73.1 Å². The molecule has 0 spiro atoms. The number of nitrogens with zero attached hydrogens (tertiary/aromatic N) is 4. The van der Waals surface area contributed by atoms with E-state index in [2.05, 4.69) is 31.5 Å². The zero-order valence-electron chi connectivity index (χ0n) is 13.5. The van der Waals surface area contributed by atoms with E-state index in [9.17, 15) is 5.11 Å². The van der Waals surface area contributed by atoms with E-state index in [1.165, 1.54) is 17.3 Å². The molecular formula is C17H17BrN4O2S. The van der Waals surface area contributed by atoms with Crippen molar-refractivity contribution in [1.82, 2.24) is 20.2 Å². The summed E-state index contributed by atoms with van der Waals surface area (Å²) in [6.45, 7) is 2.23. The summed E-state index contributed by atoms with van der Waals surface area (Å²) in [5.41, 5.74) is 2.06. The number of ether oxygens (including phenoxy) is 1. The molecule has 3 aromatic rings. The SMILES string of the molecule is Cc1ccc(-n2nnnc2SC[C@@H](O)COc2cccc(Br)c2)cc1. The lowest BCUT2D eigenvalue weighted by molar-refractivity contribution is 0.126. The number of rotatable bonds is 7. The van der Waals surface area contributed by atoms with Gasteiger partial charge in [-0.3, -0.25) is 0 Å². The number of tetrazole rings is 1. The Balaban J connectivity index is 1.55. The zero-order valence-corrected chi connectivity index (χ0v) is 15.9. The molecule has 0 saturated heterocycles. The molecule has 8 heteroatoms. The predicted molar refractivity (Wildman–Crippen MR) is 100 cm³/mol. The normalized spacial score (nSPS) is 12.1. The average molecular weight is 421 g/mol. The van der Waals surface area contributed by atoms with Gasteiger partial charge < -0.3 is 9.84 Å². The van der Waals surface area contributed by atoms with E-state index in [0.29, 0.717) is 16.7 Å². The molecule has 0 amide bonds. The maximum atomic E-state index is 10.1. The summed E-state index contributed by atoms with van der Waals surface area (Å²) in [5, 5.41) is 22.5. The highest BCUT2D eigenvalue weighted by Gasteiger charge is 2.13. The van der Waals surface area contributed by atoms with Crippen LogP contribution in [-0.2, 0) is 0 Å². The van der Waals surface area contributed by atoms with Gasteiger partial charge >= 0.3 is 0 Å². The summed E-state index contributed by atoms with van der Waals surface area (Å²) in [5.74, 6) is 1.14. The summed E-state index contributed by atoms with van der Waals surface area (Å²) >= 11 is 4.78. The molecule has 0 aliphatic carbocycles. The number of hydrogen-bond acceptors (Lipinski definition) is 6. The van der Waals surface area contributed by atoms with Crippen LogP contribution in [0.1, 0.15) is 5.56 Å². The lowest BCUT2D eigenvalue weighted by Crippen LogP contribution is -2.20. The Hall–Kier alpha value is -1.90. The molecule has 2 aromatic carbocycles. The average Bonchev–Trinajstić information content (AvgIpc) is 3.07. The van der Waals surface area contributed by atoms with E-state index in [1.54, 1.807) is 4.68 Å². The molecule has 25 heavy (non-hydrogen) atoms. The quantitative estimate of drug-likeness (QED) is 0.591. The van der Waals surface area contributed by atoms with Gasteiger partial charge in [0.2, 0.25) is 5.16 Å². The third-order valence-corrected chi connectivity index (χ3v) is 4.92. The second kappa shape index (κ2) is 8.46. The van der Waals surface area contributed by atoms with Crippen LogP contribution < -0.4 is 4.74 Å². The van der Waals surface area contributed by atoms with Crippen LogP contribution in [0.25, 0.3) is 5.69 Å². The van der Waals surface area contributed by atoms with E-state index in [0.717, 1.165) is 10.2 Å². The van der Waals surface area contributed by atoms with E-state index in [1.807, 2.05) is 55.5 Å². The van der Waals surface area contributed by atoms with Crippen LogP contribution in [0.15, 0.2) is 58.2 Å². The maximum absolute atomic E-state index is 10.1. The number of aromatic nitrogens is 4. The predicted octanol–water partition coefficient (Wildman–Crippen LogP) is 3.27. The smallest absolute Gasteiger partial charge is 0.214 e. The third kappa shape index (κ3) is 5.04. The van der Waals surface area contributed by atoms with Gasteiger partial charge in [-0.15, -0.1) is 5.10 Å². The van der Waals surface area contributed by atoms with Crippen molar-refractivity contribution in [3.8, 4) is 11.4 Å². The van der Waals surface area contributed by atoms with Crippen LogP contribution in [0.4, 0.5) is 0 Å². The zero-order chi connectivity index (χ0) is 17.6. The van der Waals surface area contributed by atoms with Crippen molar-refractivity contribution >= 4 is 27.7 Å². The fourth-order valence-corrected chi connectivity index (χ4v) is 3.26. The molecule has 3 rings (SSSR count). The summed E-state index contributed by atoms with van der Waals surface area (Å²) in [4.78, 5) is 0. The van der Waals surface area contributed by atoms with E-state index >= 15 is 0 Å². The Bertz CT molecular complexity index is 826. The van der Waals surface area contributed by atoms with Gasteiger partial charge in [-0.05, 0) is 47.7 Å². The fourth-order valence-electron chi connectivity index (χ4n) is 2.08. The minimum Gasteiger partial charge on any atom is -0.491 e. The van der Waals surface area contributed by atoms with E-state index in [4.69, 9.17) is 4.74 Å². The van der Waals surface area contributed by atoms with Crippen LogP contribution in [0.5, 0.6) is 5.75 Å². The highest BCUT2D eigenvalue weighted by Crippen LogP contribution is 2.21. The highest BCUT2D eigenvalue weighted by molar-refractivity contribution is 9.10. The van der Waals surface area contributed by atoms with E-state index < -0.39 is 6.10 Å². The second-order valence-electron chi connectivity index (χ2n) is 5.44. The molecule has 130 valence electrons. The summed E-state index contributed by atoms with van der Waals surface area (Å²) in [7, 11) is 0. The van der Waals surface area contributed by atoms with Gasteiger partial charge in [-0.2, -0.15) is 4.68 Å². The molecule has 0 aliphatic rings. The fraction of sp³-hybridized carbons (Fsp3) is 0.235. The lowest BCUT2D eigenvalue weighted by atomic mass is 10.2. The van der Waals surface area contributed by atoms with Crippen molar-refractivity contribution in [1.29, 1.82) is 0 Å². The van der Waals surface area contributed by atoms with Gasteiger partial charge in [0.05, 0.1) is 11.8 Å². The number of aliphatic hydroxyl groups is 1. The Labute approximate surface area is 158 Å². The van der Waals surface area contributed by atoms with Crippen LogP contribution in [-0.4, -0.2) is 43.8 Å². The summed E-state index contributed by atoms with van der Waals surface area (Å²) in [6, 6.07) is 15.4. The molecular weight excluding hydrogens is 404 g/mol. The van der Waals surface area contributed by atoms with Crippen molar-refractivity contribution in [2.75, 3.05) is 12.4 Å². The molecule has 0 unspecified atom stereocenters. The van der Waals surface area contributed by atoms with Crippen molar-refractivity contribution in [2.45, 2.75) is 18.2 Å². The number of thioether (sulfide) groups is 1. The Morgan fingerprint density at radius 3 is 2.80 bits per heavy atom. The number of aryl methyl sites for hydroxylation is 1. The second-order valence-corrected chi connectivity index (χ2v) is 7.34. The van der Waals surface area contributed by atoms with Gasteiger partial charge in [0.15, 0.2) is 0 Å². The third-order valence-electron chi connectivity index (χ3n) is 3.36. The minimum atomic E-state index is -0.632. The molecule has 6 nitrogen and oxygen atoms in total. The van der Waals surface area contributed by atoms with Crippen molar-refractivity contribution in [3.63, 3.8) is 0 Å². The number of halogens is 1. The molecule has 0 bridgehead atoms. The van der Waals surface area contributed by atoms with Crippen LogP contribution in [0, 0.1) is 6.92 Å². The van der Waals surface area contributed by atoms with Crippen LogP contribution in [0.3, 0.4) is 0 Å².